The van der Waals surface area contributed by atoms with Crippen molar-refractivity contribution in [1.82, 2.24) is 19.8 Å². The van der Waals surface area contributed by atoms with Gasteiger partial charge in [0.05, 0.1) is 11.1 Å². The molecule has 0 spiro atoms. The Balaban J connectivity index is 1.62. The summed E-state index contributed by atoms with van der Waals surface area (Å²) in [5.74, 6) is -1.93. The van der Waals surface area contributed by atoms with Gasteiger partial charge in [-0.2, -0.15) is 4.72 Å². The number of allylic oxidation sites excluding steroid dienone is 1. The van der Waals surface area contributed by atoms with Crippen LogP contribution in [0.15, 0.2) is 75.4 Å². The van der Waals surface area contributed by atoms with Crippen LogP contribution < -0.4 is 10.0 Å². The second-order valence-corrected chi connectivity index (χ2v) is 10.1. The van der Waals surface area contributed by atoms with Crippen LogP contribution in [0, 0.1) is 6.92 Å². The number of aryl methyl sites for hydroxylation is 1. The molecule has 13 nitrogen and oxygen atoms in total. The van der Waals surface area contributed by atoms with Gasteiger partial charge in [-0.1, -0.05) is 23.4 Å². The Morgan fingerprint density at radius 3 is 2.63 bits per heavy atom. The topological polar surface area (TPSA) is 189 Å². The lowest BCUT2D eigenvalue weighted by molar-refractivity contribution is -0.144. The molecule has 1 aliphatic heterocycles. The van der Waals surface area contributed by atoms with Crippen LogP contribution in [0.3, 0.4) is 0 Å². The van der Waals surface area contributed by atoms with Crippen molar-refractivity contribution in [3.63, 3.8) is 0 Å². The summed E-state index contributed by atoms with van der Waals surface area (Å²) in [6, 6.07) is 6.69. The fourth-order valence-corrected chi connectivity index (χ4v) is 5.12. The largest absolute Gasteiger partial charge is 0.480 e. The Hall–Kier alpha value is -4.14. The van der Waals surface area contributed by atoms with Gasteiger partial charge in [0.2, 0.25) is 21.6 Å². The van der Waals surface area contributed by atoms with Crippen molar-refractivity contribution in [1.29, 1.82) is 0 Å². The van der Waals surface area contributed by atoms with E-state index in [-0.39, 0.29) is 17.3 Å². The van der Waals surface area contributed by atoms with E-state index in [0.29, 0.717) is 18.9 Å². The van der Waals surface area contributed by atoms with E-state index < -0.39 is 39.5 Å². The number of hydrogen-bond acceptors (Lipinski definition) is 10. The van der Waals surface area contributed by atoms with Gasteiger partial charge in [0, 0.05) is 37.3 Å². The number of aromatic nitrogens is 3. The van der Waals surface area contributed by atoms with Gasteiger partial charge >= 0.3 is 5.97 Å². The van der Waals surface area contributed by atoms with Crippen LogP contribution in [-0.4, -0.2) is 77.5 Å². The molecule has 2 aromatic heterocycles. The van der Waals surface area contributed by atoms with Crippen LogP contribution in [0.1, 0.15) is 22.7 Å². The number of imidazole rings is 1. The molecule has 3 heterocycles. The smallest absolute Gasteiger partial charge is 0.324 e. The summed E-state index contributed by atoms with van der Waals surface area (Å²) in [6.45, 7) is 2.22. The van der Waals surface area contributed by atoms with Gasteiger partial charge in [0.1, 0.15) is 12.1 Å². The van der Waals surface area contributed by atoms with E-state index in [1.54, 1.807) is 12.3 Å². The predicted molar refractivity (Wildman–Crippen MR) is 136 cm³/mol. The number of rotatable bonds is 14. The highest BCUT2D eigenvalue weighted by Crippen LogP contribution is 2.32. The zero-order chi connectivity index (χ0) is 27.2. The van der Waals surface area contributed by atoms with Crippen molar-refractivity contribution >= 4 is 33.9 Å². The zero-order valence-corrected chi connectivity index (χ0v) is 21.1. The number of sulfonamides is 1. The van der Waals surface area contributed by atoms with E-state index >= 15 is 0 Å². The first-order valence-electron chi connectivity index (χ1n) is 11.6. The van der Waals surface area contributed by atoms with Crippen LogP contribution in [0.25, 0.3) is 0 Å². The third kappa shape index (κ3) is 5.88. The summed E-state index contributed by atoms with van der Waals surface area (Å²) in [5.41, 5.74) is -1.05. The lowest BCUT2D eigenvalue weighted by atomic mass is 9.83. The van der Waals surface area contributed by atoms with E-state index in [4.69, 9.17) is 9.26 Å². The molecule has 0 radical (unpaired) electrons. The number of carboxylic acids is 1. The molecule has 3 unspecified atom stereocenters. The molecule has 0 fully saturated rings. The van der Waals surface area contributed by atoms with Crippen molar-refractivity contribution in [2.24, 2.45) is 4.99 Å². The number of benzene rings is 1. The van der Waals surface area contributed by atoms with Gasteiger partial charge < -0.3 is 24.7 Å². The molecule has 38 heavy (non-hydrogen) atoms. The Bertz CT molecular complexity index is 1410. The lowest BCUT2D eigenvalue weighted by Crippen LogP contribution is -2.60. The molecular weight excluding hydrogens is 516 g/mol. The Morgan fingerprint density at radius 1 is 1.24 bits per heavy atom. The average molecular weight is 543 g/mol. The minimum atomic E-state index is -4.31. The minimum Gasteiger partial charge on any atom is -0.480 e. The second-order valence-electron chi connectivity index (χ2n) is 8.41. The fourth-order valence-electron chi connectivity index (χ4n) is 3.91. The summed E-state index contributed by atoms with van der Waals surface area (Å²) < 4.78 is 39.3. The first-order chi connectivity index (χ1) is 18.2. The average Bonchev–Trinajstić information content (AvgIpc) is 3.68. The third-order valence-electron chi connectivity index (χ3n) is 5.70. The number of aliphatic carboxylic acids is 1. The maximum absolute atomic E-state index is 13.5. The fraction of sp³-hybridized carbons (Fsp3) is 0.292. The van der Waals surface area contributed by atoms with Crippen molar-refractivity contribution in [2.45, 2.75) is 35.9 Å². The summed E-state index contributed by atoms with van der Waals surface area (Å²) in [4.78, 5) is 37.3. The molecule has 0 saturated carbocycles. The highest BCUT2D eigenvalue weighted by Gasteiger charge is 2.53. The van der Waals surface area contributed by atoms with Crippen LogP contribution >= 0.6 is 0 Å². The van der Waals surface area contributed by atoms with Crippen LogP contribution in [0.2, 0.25) is 0 Å². The molecule has 3 atom stereocenters. The summed E-state index contributed by atoms with van der Waals surface area (Å²) in [5, 5.41) is 16.8. The van der Waals surface area contributed by atoms with Crippen LogP contribution in [0.5, 0.6) is 0 Å². The van der Waals surface area contributed by atoms with Gasteiger partial charge in [-0.25, -0.2) is 13.4 Å². The molecule has 0 bridgehead atoms. The van der Waals surface area contributed by atoms with E-state index in [1.165, 1.54) is 54.9 Å². The van der Waals surface area contributed by atoms with E-state index in [1.807, 2.05) is 6.92 Å². The van der Waals surface area contributed by atoms with Crippen molar-refractivity contribution < 1.29 is 32.4 Å². The number of nitrogens with one attached hydrogen (secondary N) is 3. The molecule has 4 N–H and O–H groups in total. The zero-order valence-electron chi connectivity index (χ0n) is 20.3. The van der Waals surface area contributed by atoms with E-state index in [2.05, 4.69) is 30.2 Å². The quantitative estimate of drug-likeness (QED) is 0.172. The predicted octanol–water partition coefficient (Wildman–Crippen LogP) is 1.59. The molecule has 3 aromatic rings. The maximum Gasteiger partial charge on any atom is 0.324 e. The molecule has 0 amide bonds. The number of aliphatic imine (C=N–C) groups is 1. The number of aromatic amines is 1. The van der Waals surface area contributed by atoms with Gasteiger partial charge in [0.25, 0.3) is 0 Å². The lowest BCUT2D eigenvalue weighted by Gasteiger charge is -2.35. The van der Waals surface area contributed by atoms with Gasteiger partial charge in [0.15, 0.2) is 11.5 Å². The highest BCUT2D eigenvalue weighted by molar-refractivity contribution is 7.89. The molecule has 0 saturated heterocycles. The van der Waals surface area contributed by atoms with Gasteiger partial charge in [-0.15, -0.1) is 0 Å². The van der Waals surface area contributed by atoms with Crippen LogP contribution in [-0.2, 0) is 19.6 Å². The number of Topliss-reactive ketones (excluding diaryl/α,β-unsaturated/α-hetero) is 1. The molecule has 1 aromatic carbocycles. The number of ketones is 1. The first-order valence-corrected chi connectivity index (χ1v) is 13.1. The van der Waals surface area contributed by atoms with Gasteiger partial charge in [-0.05, 0) is 37.6 Å². The number of hydrogen-bond donors (Lipinski definition) is 4. The second kappa shape index (κ2) is 11.5. The number of nitrogens with zero attached hydrogens (tertiary/aromatic N) is 3. The number of carbonyl (C=O) groups is 2. The first kappa shape index (κ1) is 26.9. The minimum absolute atomic E-state index is 0.0387. The number of H-pyrrole nitrogens is 1. The normalized spacial score (nSPS) is 18.3. The monoisotopic (exact) mass is 542 g/mol. The van der Waals surface area contributed by atoms with Crippen LogP contribution in [0.4, 0.5) is 5.95 Å². The Morgan fingerprint density at radius 2 is 2.03 bits per heavy atom. The maximum atomic E-state index is 13.5. The van der Waals surface area contributed by atoms with E-state index in [9.17, 15) is 23.1 Å². The molecule has 200 valence electrons. The molecule has 0 aliphatic carbocycles. The number of anilines is 1. The summed E-state index contributed by atoms with van der Waals surface area (Å²) in [7, 11) is -4.31. The molecular formula is C24H26N6O7S. The summed E-state index contributed by atoms with van der Waals surface area (Å²) >= 11 is 0. The van der Waals surface area contributed by atoms with Crippen molar-refractivity contribution in [3.05, 3.63) is 72.4 Å². The molecule has 4 rings (SSSR count). The Labute approximate surface area is 218 Å². The van der Waals surface area contributed by atoms with E-state index in [0.717, 1.165) is 5.69 Å². The Kier molecular flexibility index (Phi) is 8.14. The SMILES string of the molecule is Cc1cnc(NCCCOC(C(NS(=O)(=O)c2ccccc2)C(=O)O)C2(C(=O)c3ccno3)C=CC=N2)[nH]1. The van der Waals surface area contributed by atoms with Crippen molar-refractivity contribution in [3.8, 4) is 0 Å². The number of carboxylic acid groups (broad SMARTS) is 1. The summed E-state index contributed by atoms with van der Waals surface area (Å²) in [6.07, 6.45) is 5.83. The third-order valence-corrected chi connectivity index (χ3v) is 7.16. The number of carbonyl (C=O) groups excluding carboxylic acids is 1. The molecule has 1 aliphatic rings. The standard InChI is InChI=1S/C24H26N6O7S/c1-16-15-26-23(29-16)25-11-6-14-36-21(24(10-5-12-27-24)20(31)18-9-13-28-37-18)19(22(32)33)30-38(34,35)17-7-3-2-4-8-17/h2-5,7-10,12-13,15,19,21,30H,6,11,14H2,1H3,(H,32,33)(H2,25,26,29). The van der Waals surface area contributed by atoms with Crippen molar-refractivity contribution in [2.75, 3.05) is 18.5 Å². The number of ether oxygens (including phenoxy) is 1. The highest BCUT2D eigenvalue weighted by atomic mass is 32.2. The molecule has 14 heteroatoms. The van der Waals surface area contributed by atoms with Gasteiger partial charge in [-0.3, -0.25) is 14.6 Å².